The Bertz CT molecular complexity index is 663. The van der Waals surface area contributed by atoms with E-state index in [2.05, 4.69) is 10.1 Å². The van der Waals surface area contributed by atoms with Crippen molar-refractivity contribution in [2.24, 2.45) is 0 Å². The van der Waals surface area contributed by atoms with Crippen molar-refractivity contribution in [1.29, 1.82) is 5.26 Å². The zero-order valence-electron chi connectivity index (χ0n) is 13.8. The number of Topliss-reactive ketones (excluding diaryl/α,β-unsaturated/α-hetero) is 1. The van der Waals surface area contributed by atoms with Crippen LogP contribution in [0.25, 0.3) is 0 Å². The summed E-state index contributed by atoms with van der Waals surface area (Å²) in [6.07, 6.45) is -0.456. The van der Waals surface area contributed by atoms with Crippen molar-refractivity contribution in [2.45, 2.75) is 25.9 Å². The van der Waals surface area contributed by atoms with Crippen LogP contribution in [0, 0.1) is 11.3 Å². The number of hydrogen-bond donors (Lipinski definition) is 2. The number of carbonyl (C=O) groups excluding carboxylic acids is 2. The van der Waals surface area contributed by atoms with Gasteiger partial charge in [-0.25, -0.2) is 4.79 Å². The lowest BCUT2D eigenvalue weighted by molar-refractivity contribution is 0.100. The fourth-order valence-electron chi connectivity index (χ4n) is 1.71. The Hall–Kier alpha value is -2.21. The first-order valence-corrected chi connectivity index (χ1v) is 9.40. The Balaban J connectivity index is 0.000000271. The van der Waals surface area contributed by atoms with E-state index in [1.54, 1.807) is 19.1 Å². The maximum absolute atomic E-state index is 10.9. The molecule has 2 heterocycles. The van der Waals surface area contributed by atoms with Gasteiger partial charge in [0, 0.05) is 11.4 Å². The van der Waals surface area contributed by atoms with Crippen molar-refractivity contribution in [2.75, 3.05) is 13.2 Å². The lowest BCUT2D eigenvalue weighted by Gasteiger charge is -2.09. The number of nitriles is 1. The van der Waals surface area contributed by atoms with Crippen LogP contribution in [0.2, 0.25) is 0 Å². The molecule has 2 aromatic rings. The van der Waals surface area contributed by atoms with Gasteiger partial charge in [-0.05, 0) is 36.2 Å². The molecule has 1 amide bonds. The van der Waals surface area contributed by atoms with Gasteiger partial charge < -0.3 is 15.2 Å². The van der Waals surface area contributed by atoms with E-state index < -0.39 is 12.2 Å². The second-order valence-electron chi connectivity index (χ2n) is 4.70. The minimum absolute atomic E-state index is 0.0134. The summed E-state index contributed by atoms with van der Waals surface area (Å²) in [5.74, 6) is -0.0856. The van der Waals surface area contributed by atoms with Gasteiger partial charge in [-0.3, -0.25) is 4.79 Å². The van der Waals surface area contributed by atoms with Crippen LogP contribution in [0.15, 0.2) is 35.0 Å². The van der Waals surface area contributed by atoms with Crippen LogP contribution in [0.4, 0.5) is 4.79 Å². The zero-order chi connectivity index (χ0) is 18.5. The molecule has 0 aromatic carbocycles. The number of alkyl carbamates (subject to hydrolysis) is 1. The van der Waals surface area contributed by atoms with Gasteiger partial charge in [0.2, 0.25) is 0 Å². The lowest BCUT2D eigenvalue weighted by atomic mass is 10.2. The van der Waals surface area contributed by atoms with E-state index in [-0.39, 0.29) is 12.2 Å². The van der Waals surface area contributed by atoms with Gasteiger partial charge in [-0.1, -0.05) is 12.1 Å². The second kappa shape index (κ2) is 12.2. The minimum Gasteiger partial charge on any atom is -0.450 e. The van der Waals surface area contributed by atoms with E-state index in [1.165, 1.54) is 22.7 Å². The van der Waals surface area contributed by atoms with Gasteiger partial charge in [0.15, 0.2) is 5.78 Å². The highest BCUT2D eigenvalue weighted by Crippen LogP contribution is 2.20. The Kier molecular flexibility index (Phi) is 10.2. The smallest absolute Gasteiger partial charge is 0.407 e. The van der Waals surface area contributed by atoms with E-state index in [1.807, 2.05) is 29.0 Å². The van der Waals surface area contributed by atoms with E-state index >= 15 is 0 Å². The first-order chi connectivity index (χ1) is 12.1. The average Bonchev–Trinajstić information content (AvgIpc) is 3.29. The second-order valence-corrected chi connectivity index (χ2v) is 6.63. The highest BCUT2D eigenvalue weighted by molar-refractivity contribution is 7.12. The Labute approximate surface area is 154 Å². The molecule has 1 atom stereocenters. The molecule has 0 aliphatic carbocycles. The third-order valence-corrected chi connectivity index (χ3v) is 4.75. The molecule has 0 radical (unpaired) electrons. The van der Waals surface area contributed by atoms with Gasteiger partial charge in [0.05, 0.1) is 30.1 Å². The predicted molar refractivity (Wildman–Crippen MR) is 97.8 cm³/mol. The fraction of sp³-hybridized carbons (Fsp3) is 0.353. The number of nitrogens with one attached hydrogen (secondary N) is 1. The summed E-state index contributed by atoms with van der Waals surface area (Å²) in [7, 11) is 0. The third kappa shape index (κ3) is 8.44. The number of carbonyl (C=O) groups is 2. The van der Waals surface area contributed by atoms with Gasteiger partial charge >= 0.3 is 6.09 Å². The topological polar surface area (TPSA) is 99.4 Å². The standard InChI is InChI=1S/C10H15NO3S.C7H5NOS/c1-2-14-10(13)11-6-5-8(12)9-4-3-7-15-9;8-4-3-6(9)7-2-1-5-10-7/h3-4,7-8,12H,2,5-6H2,1H3,(H,11,13);1-2,5H,3H2. The molecule has 2 aromatic heterocycles. The van der Waals surface area contributed by atoms with Crippen LogP contribution in [0.3, 0.4) is 0 Å². The monoisotopic (exact) mass is 380 g/mol. The first-order valence-electron chi connectivity index (χ1n) is 7.64. The van der Waals surface area contributed by atoms with Crippen LogP contribution in [0.1, 0.15) is 40.4 Å². The molecule has 2 rings (SSSR count). The molecule has 2 N–H and O–H groups in total. The third-order valence-electron chi connectivity index (χ3n) is 2.87. The molecule has 1 unspecified atom stereocenters. The molecule has 0 aliphatic rings. The predicted octanol–water partition coefficient (Wildman–Crippen LogP) is 3.76. The number of hydrogen-bond acceptors (Lipinski definition) is 7. The molecule has 0 saturated carbocycles. The highest BCUT2D eigenvalue weighted by Gasteiger charge is 2.08. The summed E-state index contributed by atoms with van der Waals surface area (Å²) in [6, 6.07) is 9.11. The van der Waals surface area contributed by atoms with Crippen LogP contribution in [-0.4, -0.2) is 30.1 Å². The molecule has 8 heteroatoms. The first kappa shape index (κ1) is 20.8. The SMILES string of the molecule is CCOC(=O)NCCC(O)c1cccs1.N#CCC(=O)c1cccs1. The molecule has 0 fully saturated rings. The summed E-state index contributed by atoms with van der Waals surface area (Å²) in [4.78, 5) is 23.4. The summed E-state index contributed by atoms with van der Waals surface area (Å²) in [5, 5.41) is 24.1. The largest absolute Gasteiger partial charge is 0.450 e. The van der Waals surface area contributed by atoms with Gasteiger partial charge in [-0.2, -0.15) is 5.26 Å². The molecule has 25 heavy (non-hydrogen) atoms. The summed E-state index contributed by atoms with van der Waals surface area (Å²) >= 11 is 2.88. The Morgan fingerprint density at radius 3 is 2.60 bits per heavy atom. The number of nitrogens with zero attached hydrogens (tertiary/aromatic N) is 1. The quantitative estimate of drug-likeness (QED) is 0.713. The number of ether oxygens (including phenoxy) is 1. The van der Waals surface area contributed by atoms with Crippen molar-refractivity contribution in [3.63, 3.8) is 0 Å². The summed E-state index contributed by atoms with van der Waals surface area (Å²) in [5.41, 5.74) is 0. The van der Waals surface area contributed by atoms with Crippen molar-refractivity contribution < 1.29 is 19.4 Å². The molecular weight excluding hydrogens is 360 g/mol. The molecule has 134 valence electrons. The fourth-order valence-corrected chi connectivity index (χ4v) is 3.12. The minimum atomic E-state index is -0.507. The average molecular weight is 380 g/mol. The van der Waals surface area contributed by atoms with Crippen molar-refractivity contribution >= 4 is 34.6 Å². The van der Waals surface area contributed by atoms with Crippen LogP contribution in [-0.2, 0) is 4.74 Å². The zero-order valence-corrected chi connectivity index (χ0v) is 15.4. The molecular formula is C17H20N2O4S2. The summed E-state index contributed by atoms with van der Waals surface area (Å²) in [6.45, 7) is 2.53. The van der Waals surface area contributed by atoms with E-state index in [4.69, 9.17) is 5.26 Å². The van der Waals surface area contributed by atoms with E-state index in [0.29, 0.717) is 24.4 Å². The maximum Gasteiger partial charge on any atom is 0.407 e. The molecule has 0 saturated heterocycles. The number of aliphatic hydroxyl groups is 1. The molecule has 6 nitrogen and oxygen atoms in total. The number of ketones is 1. The van der Waals surface area contributed by atoms with Crippen LogP contribution in [0.5, 0.6) is 0 Å². The van der Waals surface area contributed by atoms with Crippen molar-refractivity contribution in [3.8, 4) is 6.07 Å². The number of thiophene rings is 2. The molecule has 0 bridgehead atoms. The maximum atomic E-state index is 10.9. The number of rotatable bonds is 7. The number of amides is 1. The van der Waals surface area contributed by atoms with Gasteiger partial charge in [0.25, 0.3) is 0 Å². The Morgan fingerprint density at radius 1 is 1.32 bits per heavy atom. The van der Waals surface area contributed by atoms with Gasteiger partial charge in [-0.15, -0.1) is 22.7 Å². The normalized spacial score (nSPS) is 10.8. The van der Waals surface area contributed by atoms with Crippen LogP contribution >= 0.6 is 22.7 Å². The molecule has 0 aliphatic heterocycles. The van der Waals surface area contributed by atoms with Crippen molar-refractivity contribution in [1.82, 2.24) is 5.32 Å². The highest BCUT2D eigenvalue weighted by atomic mass is 32.1. The lowest BCUT2D eigenvalue weighted by Crippen LogP contribution is -2.26. The number of aliphatic hydroxyl groups excluding tert-OH is 1. The summed E-state index contributed by atoms with van der Waals surface area (Å²) < 4.78 is 4.69. The van der Waals surface area contributed by atoms with Crippen molar-refractivity contribution in [3.05, 3.63) is 44.8 Å². The van der Waals surface area contributed by atoms with E-state index in [0.717, 1.165) is 4.88 Å². The Morgan fingerprint density at radius 2 is 2.04 bits per heavy atom. The van der Waals surface area contributed by atoms with Crippen LogP contribution < -0.4 is 5.32 Å². The molecule has 0 spiro atoms. The van der Waals surface area contributed by atoms with Gasteiger partial charge in [0.1, 0.15) is 0 Å². The van der Waals surface area contributed by atoms with E-state index in [9.17, 15) is 14.7 Å².